The van der Waals surface area contributed by atoms with Gasteiger partial charge in [0.05, 0.1) is 12.6 Å². The fourth-order valence-corrected chi connectivity index (χ4v) is 4.75. The van der Waals surface area contributed by atoms with Gasteiger partial charge < -0.3 is 15.0 Å². The molecule has 2 fully saturated rings. The Morgan fingerprint density at radius 2 is 1.84 bits per heavy atom. The smallest absolute Gasteiger partial charge is 0.407 e. The van der Waals surface area contributed by atoms with E-state index in [0.29, 0.717) is 45.4 Å². The van der Waals surface area contributed by atoms with Crippen molar-refractivity contribution in [1.82, 2.24) is 26.1 Å². The third-order valence-electron chi connectivity index (χ3n) is 6.96. The number of hydrogen-bond donors (Lipinski definition) is 3. The Labute approximate surface area is 224 Å². The SMILES string of the molecule is CN(OCc1ccccc1)[C@H]1CN(C=O)[C@H](C(=O)NNC(=O)CCCCNC(=O)OC(C)(C)C)CC12CC2. The number of amides is 4. The van der Waals surface area contributed by atoms with Crippen LogP contribution in [0.3, 0.4) is 0 Å². The van der Waals surface area contributed by atoms with Crippen LogP contribution in [-0.2, 0) is 30.6 Å². The van der Waals surface area contributed by atoms with Crippen LogP contribution in [0, 0.1) is 5.41 Å². The molecule has 1 saturated heterocycles. The van der Waals surface area contributed by atoms with Crippen molar-refractivity contribution < 1.29 is 28.8 Å². The number of nitrogens with zero attached hydrogens (tertiary/aromatic N) is 2. The summed E-state index contributed by atoms with van der Waals surface area (Å²) in [6.07, 6.45) is 3.92. The van der Waals surface area contributed by atoms with E-state index in [1.54, 1.807) is 20.8 Å². The van der Waals surface area contributed by atoms with E-state index in [0.717, 1.165) is 18.4 Å². The minimum absolute atomic E-state index is 0.0238. The number of piperidine rings is 1. The van der Waals surface area contributed by atoms with Crippen molar-refractivity contribution in [2.75, 3.05) is 20.1 Å². The number of hydrogen-bond acceptors (Lipinski definition) is 7. The lowest BCUT2D eigenvalue weighted by Gasteiger charge is -2.45. The Kier molecular flexibility index (Phi) is 10.1. The summed E-state index contributed by atoms with van der Waals surface area (Å²) < 4.78 is 5.16. The number of alkyl carbamates (subject to hydrolysis) is 1. The average molecular weight is 532 g/mol. The third kappa shape index (κ3) is 8.70. The predicted molar refractivity (Wildman–Crippen MR) is 140 cm³/mol. The first-order valence-electron chi connectivity index (χ1n) is 13.2. The van der Waals surface area contributed by atoms with E-state index in [9.17, 15) is 19.2 Å². The first-order chi connectivity index (χ1) is 18.0. The molecule has 4 amide bonds. The monoisotopic (exact) mass is 531 g/mol. The first-order valence-corrected chi connectivity index (χ1v) is 13.2. The lowest BCUT2D eigenvalue weighted by molar-refractivity contribution is -0.206. The molecule has 210 valence electrons. The lowest BCUT2D eigenvalue weighted by Crippen LogP contribution is -2.61. The van der Waals surface area contributed by atoms with Gasteiger partial charge in [-0.3, -0.25) is 30.1 Å². The average Bonchev–Trinajstić information content (AvgIpc) is 3.64. The molecule has 3 N–H and O–H groups in total. The number of ether oxygens (including phenoxy) is 1. The van der Waals surface area contributed by atoms with Crippen molar-refractivity contribution in [1.29, 1.82) is 0 Å². The molecule has 1 spiro atoms. The molecule has 0 bridgehead atoms. The van der Waals surface area contributed by atoms with Gasteiger partial charge in [-0.25, -0.2) is 4.79 Å². The Balaban J connectivity index is 1.40. The summed E-state index contributed by atoms with van der Waals surface area (Å²) >= 11 is 0. The normalized spacial score (nSPS) is 20.1. The van der Waals surface area contributed by atoms with Crippen molar-refractivity contribution in [3.05, 3.63) is 35.9 Å². The number of rotatable bonds is 11. The number of unbranched alkanes of at least 4 members (excludes halogenated alkanes) is 1. The van der Waals surface area contributed by atoms with Crippen molar-refractivity contribution in [3.8, 4) is 0 Å². The van der Waals surface area contributed by atoms with Crippen LogP contribution in [0.2, 0.25) is 0 Å². The minimum Gasteiger partial charge on any atom is -0.444 e. The molecule has 0 unspecified atom stereocenters. The zero-order valence-corrected chi connectivity index (χ0v) is 22.8. The number of benzene rings is 1. The van der Waals surface area contributed by atoms with Gasteiger partial charge in [-0.15, -0.1) is 0 Å². The lowest BCUT2D eigenvalue weighted by atomic mass is 9.83. The summed E-state index contributed by atoms with van der Waals surface area (Å²) in [7, 11) is 1.88. The molecule has 1 heterocycles. The quantitative estimate of drug-likeness (QED) is 0.227. The van der Waals surface area contributed by atoms with E-state index in [2.05, 4.69) is 16.2 Å². The van der Waals surface area contributed by atoms with E-state index in [-0.39, 0.29) is 23.8 Å². The van der Waals surface area contributed by atoms with Gasteiger partial charge in [0.1, 0.15) is 11.6 Å². The minimum atomic E-state index is -0.660. The highest BCUT2D eigenvalue weighted by Crippen LogP contribution is 2.56. The second-order valence-corrected chi connectivity index (χ2v) is 11.1. The van der Waals surface area contributed by atoms with Crippen LogP contribution < -0.4 is 16.2 Å². The fourth-order valence-electron chi connectivity index (χ4n) is 4.75. The number of carbonyl (C=O) groups is 4. The van der Waals surface area contributed by atoms with Crippen molar-refractivity contribution in [2.45, 2.75) is 83.6 Å². The highest BCUT2D eigenvalue weighted by molar-refractivity contribution is 5.86. The second-order valence-electron chi connectivity index (χ2n) is 11.1. The molecule has 38 heavy (non-hydrogen) atoms. The Morgan fingerprint density at radius 1 is 1.13 bits per heavy atom. The van der Waals surface area contributed by atoms with E-state index >= 15 is 0 Å². The van der Waals surface area contributed by atoms with Crippen LogP contribution in [0.4, 0.5) is 4.79 Å². The molecule has 11 heteroatoms. The zero-order valence-electron chi connectivity index (χ0n) is 22.8. The molecule has 1 aliphatic carbocycles. The van der Waals surface area contributed by atoms with Crippen LogP contribution in [0.1, 0.15) is 64.9 Å². The van der Waals surface area contributed by atoms with Crippen molar-refractivity contribution in [3.63, 3.8) is 0 Å². The molecule has 1 aromatic rings. The molecule has 1 aromatic carbocycles. The Morgan fingerprint density at radius 3 is 2.47 bits per heavy atom. The maximum atomic E-state index is 12.9. The highest BCUT2D eigenvalue weighted by Gasteiger charge is 2.57. The van der Waals surface area contributed by atoms with E-state index < -0.39 is 23.6 Å². The molecule has 2 aliphatic rings. The Bertz CT molecular complexity index is 962. The van der Waals surface area contributed by atoms with Crippen LogP contribution in [0.15, 0.2) is 30.3 Å². The largest absolute Gasteiger partial charge is 0.444 e. The van der Waals surface area contributed by atoms with Gasteiger partial charge in [-0.2, -0.15) is 5.06 Å². The molecule has 11 nitrogen and oxygen atoms in total. The van der Waals surface area contributed by atoms with Gasteiger partial charge in [0.2, 0.25) is 12.3 Å². The molecule has 2 atom stereocenters. The van der Waals surface area contributed by atoms with E-state index in [4.69, 9.17) is 9.57 Å². The summed E-state index contributed by atoms with van der Waals surface area (Å²) in [5.41, 5.74) is 5.32. The van der Waals surface area contributed by atoms with Gasteiger partial charge in [-0.1, -0.05) is 30.3 Å². The van der Waals surface area contributed by atoms with Crippen LogP contribution in [0.5, 0.6) is 0 Å². The third-order valence-corrected chi connectivity index (χ3v) is 6.96. The van der Waals surface area contributed by atoms with Gasteiger partial charge in [0, 0.05) is 26.6 Å². The van der Waals surface area contributed by atoms with E-state index in [1.807, 2.05) is 42.4 Å². The summed E-state index contributed by atoms with van der Waals surface area (Å²) in [5.74, 6) is -0.744. The molecule has 0 radical (unpaired) electrons. The van der Waals surface area contributed by atoms with E-state index in [1.165, 1.54) is 4.90 Å². The first kappa shape index (κ1) is 29.4. The number of likely N-dealkylation sites (N-methyl/N-ethyl adjacent to an activating group) is 1. The summed E-state index contributed by atoms with van der Waals surface area (Å²) in [4.78, 5) is 56.1. The fraction of sp³-hybridized carbons (Fsp3) is 0.630. The van der Waals surface area contributed by atoms with Gasteiger partial charge in [0.15, 0.2) is 0 Å². The van der Waals surface area contributed by atoms with Gasteiger partial charge in [0.25, 0.3) is 5.91 Å². The molecular formula is C27H41N5O6. The summed E-state index contributed by atoms with van der Waals surface area (Å²) in [6, 6.07) is 9.18. The molecule has 1 saturated carbocycles. The molecule has 1 aliphatic heterocycles. The van der Waals surface area contributed by atoms with Gasteiger partial charge in [-0.05, 0) is 63.9 Å². The number of likely N-dealkylation sites (tertiary alicyclic amines) is 1. The molecular weight excluding hydrogens is 490 g/mol. The van der Waals surface area contributed by atoms with Crippen LogP contribution in [0.25, 0.3) is 0 Å². The summed E-state index contributed by atoms with van der Waals surface area (Å²) in [6.45, 7) is 6.54. The number of hydroxylamine groups is 2. The number of carbonyl (C=O) groups excluding carboxylic acids is 4. The highest BCUT2D eigenvalue weighted by atomic mass is 16.7. The summed E-state index contributed by atoms with van der Waals surface area (Å²) in [5, 5.41) is 4.47. The number of nitrogens with one attached hydrogen (secondary N) is 3. The number of hydrazine groups is 1. The zero-order chi connectivity index (χ0) is 27.8. The maximum Gasteiger partial charge on any atom is 0.407 e. The molecule has 0 aromatic heterocycles. The second kappa shape index (κ2) is 13.1. The molecule has 3 rings (SSSR count). The Hall–Kier alpha value is -3.18. The van der Waals surface area contributed by atoms with Crippen LogP contribution in [-0.4, -0.2) is 72.1 Å². The maximum absolute atomic E-state index is 12.9. The van der Waals surface area contributed by atoms with Crippen molar-refractivity contribution >= 4 is 24.3 Å². The topological polar surface area (TPSA) is 129 Å². The van der Waals surface area contributed by atoms with Crippen LogP contribution >= 0.6 is 0 Å². The van der Waals surface area contributed by atoms with Gasteiger partial charge >= 0.3 is 6.09 Å². The standard InChI is InChI=1S/C27H41N5O6/c1-26(2,3)38-25(36)28-15-9-8-12-23(34)29-30-24(35)21-16-27(13-14-27)22(17-32(21)19-33)31(4)37-18-20-10-6-5-7-11-20/h5-7,10-11,19,21-22H,8-9,12-18H2,1-4H3,(H,28,36)(H,29,34)(H,30,35)/t21-,22-/m0/s1. The predicted octanol–water partition coefficient (Wildman–Crippen LogP) is 2.27. The van der Waals surface area contributed by atoms with Crippen molar-refractivity contribution in [2.24, 2.45) is 5.41 Å².